The monoisotopic (exact) mass is 591 g/mol. The smallest absolute Gasteiger partial charge is 0.293 e. The van der Waals surface area contributed by atoms with Crippen molar-refractivity contribution >= 4 is 56.5 Å². The van der Waals surface area contributed by atoms with Crippen molar-refractivity contribution in [2.45, 2.75) is 13.5 Å². The van der Waals surface area contributed by atoms with Crippen molar-refractivity contribution in [3.8, 4) is 17.6 Å². The van der Waals surface area contributed by atoms with Crippen LogP contribution in [-0.2, 0) is 16.1 Å². The molecule has 0 unspecified atom stereocenters. The molecule has 0 spiro atoms. The van der Waals surface area contributed by atoms with Crippen LogP contribution in [0.1, 0.15) is 23.6 Å². The zero-order chi connectivity index (χ0) is 27.1. The van der Waals surface area contributed by atoms with E-state index in [0.717, 1.165) is 16.7 Å². The van der Waals surface area contributed by atoms with Crippen LogP contribution in [0.5, 0.6) is 11.5 Å². The highest BCUT2D eigenvalue weighted by molar-refractivity contribution is 9.10. The molecule has 4 rings (SSSR count). The predicted octanol–water partition coefficient (Wildman–Crippen LogP) is 5.97. The lowest BCUT2D eigenvalue weighted by molar-refractivity contribution is -0.123. The summed E-state index contributed by atoms with van der Waals surface area (Å²) in [7, 11) is 0. The highest BCUT2D eigenvalue weighted by Gasteiger charge is 2.35. The van der Waals surface area contributed by atoms with Gasteiger partial charge in [0.25, 0.3) is 17.1 Å². The highest BCUT2D eigenvalue weighted by atomic mass is 79.9. The van der Waals surface area contributed by atoms with Crippen molar-refractivity contribution in [3.63, 3.8) is 0 Å². The number of benzene rings is 3. The molecular weight excluding hydrogens is 570 g/mol. The summed E-state index contributed by atoms with van der Waals surface area (Å²) in [5, 5.41) is 11.7. The number of hydrogen-bond acceptors (Lipinski definition) is 7. The molecule has 1 saturated heterocycles. The molecule has 8 nitrogen and oxygen atoms in total. The fourth-order valence-corrected chi connectivity index (χ4v) is 4.89. The van der Waals surface area contributed by atoms with Crippen molar-refractivity contribution in [2.75, 3.05) is 18.5 Å². The number of nitrogens with one attached hydrogen (secondary N) is 1. The van der Waals surface area contributed by atoms with Crippen LogP contribution < -0.4 is 14.8 Å². The van der Waals surface area contributed by atoms with E-state index in [-0.39, 0.29) is 24.0 Å². The lowest BCUT2D eigenvalue weighted by Crippen LogP contribution is -2.27. The number of thioether (sulfide) groups is 1. The summed E-state index contributed by atoms with van der Waals surface area (Å²) in [6.07, 6.45) is 1.60. The number of nitrogens with zero attached hydrogens (tertiary/aromatic N) is 2. The van der Waals surface area contributed by atoms with Gasteiger partial charge in [-0.2, -0.15) is 5.26 Å². The van der Waals surface area contributed by atoms with Gasteiger partial charge in [-0.15, -0.1) is 0 Å². The number of rotatable bonds is 9. The van der Waals surface area contributed by atoms with Gasteiger partial charge >= 0.3 is 0 Å². The number of ether oxygens (including phenoxy) is 2. The van der Waals surface area contributed by atoms with Crippen LogP contribution in [-0.4, -0.2) is 35.2 Å². The minimum Gasteiger partial charge on any atom is -0.490 e. The minimum absolute atomic E-state index is 0.00886. The largest absolute Gasteiger partial charge is 0.490 e. The molecule has 1 heterocycles. The van der Waals surface area contributed by atoms with E-state index >= 15 is 0 Å². The Morgan fingerprint density at radius 1 is 1.08 bits per heavy atom. The van der Waals surface area contributed by atoms with Gasteiger partial charge in [0, 0.05) is 10.2 Å². The lowest BCUT2D eigenvalue weighted by Gasteiger charge is -2.14. The van der Waals surface area contributed by atoms with Crippen LogP contribution in [0.2, 0.25) is 0 Å². The van der Waals surface area contributed by atoms with Gasteiger partial charge in [-0.1, -0.05) is 52.3 Å². The Balaban J connectivity index is 1.51. The van der Waals surface area contributed by atoms with Crippen molar-refractivity contribution in [2.24, 2.45) is 0 Å². The van der Waals surface area contributed by atoms with Crippen LogP contribution in [0.15, 0.2) is 76.1 Å². The van der Waals surface area contributed by atoms with Crippen LogP contribution in [0, 0.1) is 11.3 Å². The van der Waals surface area contributed by atoms with Gasteiger partial charge in [-0.05, 0) is 66.2 Å². The highest BCUT2D eigenvalue weighted by Crippen LogP contribution is 2.38. The molecule has 0 saturated carbocycles. The zero-order valence-electron chi connectivity index (χ0n) is 20.3. The number of amides is 3. The molecule has 3 aromatic rings. The third-order valence-corrected chi connectivity index (χ3v) is 7.00. The first kappa shape index (κ1) is 27.0. The number of halogens is 1. The maximum atomic E-state index is 13.1. The minimum atomic E-state index is -0.449. The Hall–Kier alpha value is -4.07. The molecule has 1 N–H and O–H groups in total. The van der Waals surface area contributed by atoms with Crippen LogP contribution in [0.25, 0.3) is 6.08 Å². The molecular formula is C28H22BrN3O5S. The third-order valence-electron chi connectivity index (χ3n) is 5.41. The van der Waals surface area contributed by atoms with Gasteiger partial charge in [-0.25, -0.2) is 0 Å². The number of anilines is 1. The Morgan fingerprint density at radius 2 is 1.79 bits per heavy atom. The number of carbonyl (C=O) groups excluding carboxylic acids is 3. The van der Waals surface area contributed by atoms with Crippen molar-refractivity contribution in [3.05, 3.63) is 92.8 Å². The molecule has 3 aromatic carbocycles. The Kier molecular flexibility index (Phi) is 8.84. The summed E-state index contributed by atoms with van der Waals surface area (Å²) < 4.78 is 12.0. The second kappa shape index (κ2) is 12.4. The normalized spacial score (nSPS) is 13.9. The SMILES string of the molecule is CCOc1cc(/C=C2/SC(=O)N(Cc3ccccc3C#N)C2=O)c(Br)cc1OCC(=O)Nc1ccccc1. The molecule has 1 aliphatic heterocycles. The molecule has 10 heteroatoms. The number of nitriles is 1. The zero-order valence-corrected chi connectivity index (χ0v) is 22.7. The van der Waals surface area contributed by atoms with E-state index in [1.54, 1.807) is 54.6 Å². The van der Waals surface area contributed by atoms with Crippen molar-refractivity contribution < 1.29 is 23.9 Å². The summed E-state index contributed by atoms with van der Waals surface area (Å²) in [5.74, 6) is -0.0436. The van der Waals surface area contributed by atoms with Crippen LogP contribution in [0.3, 0.4) is 0 Å². The number of carbonyl (C=O) groups is 3. The average Bonchev–Trinajstić information content (AvgIpc) is 3.17. The maximum Gasteiger partial charge on any atom is 0.293 e. The molecule has 0 aliphatic carbocycles. The second-order valence-electron chi connectivity index (χ2n) is 7.99. The Bertz CT molecular complexity index is 1450. The lowest BCUT2D eigenvalue weighted by atomic mass is 10.1. The quantitative estimate of drug-likeness (QED) is 0.305. The average molecular weight is 592 g/mol. The van der Waals surface area contributed by atoms with Gasteiger partial charge < -0.3 is 14.8 Å². The molecule has 0 atom stereocenters. The number of imide groups is 1. The summed E-state index contributed by atoms with van der Waals surface area (Å²) >= 11 is 4.31. The number of para-hydroxylation sites is 1. The van der Waals surface area contributed by atoms with E-state index in [0.29, 0.717) is 45.0 Å². The summed E-state index contributed by atoms with van der Waals surface area (Å²) in [5.41, 5.74) is 2.26. The van der Waals surface area contributed by atoms with Crippen LogP contribution >= 0.6 is 27.7 Å². The summed E-state index contributed by atoms with van der Waals surface area (Å²) in [6.45, 7) is 1.94. The molecule has 0 bridgehead atoms. The van der Waals surface area contributed by atoms with E-state index in [9.17, 15) is 19.6 Å². The fraction of sp³-hybridized carbons (Fsp3) is 0.143. The number of hydrogen-bond donors (Lipinski definition) is 1. The summed E-state index contributed by atoms with van der Waals surface area (Å²) in [4.78, 5) is 39.4. The third kappa shape index (κ3) is 6.43. The van der Waals surface area contributed by atoms with E-state index in [2.05, 4.69) is 27.3 Å². The van der Waals surface area contributed by atoms with Gasteiger partial charge in [0.1, 0.15) is 0 Å². The Morgan fingerprint density at radius 3 is 2.53 bits per heavy atom. The van der Waals surface area contributed by atoms with Gasteiger partial charge in [-0.3, -0.25) is 19.3 Å². The summed E-state index contributed by atoms with van der Waals surface area (Å²) in [6, 6.07) is 21.3. The Labute approximate surface area is 232 Å². The topological polar surface area (TPSA) is 109 Å². The maximum absolute atomic E-state index is 13.1. The molecule has 38 heavy (non-hydrogen) atoms. The molecule has 1 fully saturated rings. The molecule has 1 aliphatic rings. The fourth-order valence-electron chi connectivity index (χ4n) is 3.62. The van der Waals surface area contributed by atoms with Gasteiger partial charge in [0.2, 0.25) is 0 Å². The van der Waals surface area contributed by atoms with Gasteiger partial charge in [0.15, 0.2) is 18.1 Å². The first-order valence-corrected chi connectivity index (χ1v) is 13.2. The van der Waals surface area contributed by atoms with Crippen LogP contribution in [0.4, 0.5) is 10.5 Å². The molecule has 3 amide bonds. The molecule has 0 aromatic heterocycles. The van der Waals surface area contributed by atoms with E-state index in [1.807, 2.05) is 25.1 Å². The molecule has 0 radical (unpaired) electrons. The second-order valence-corrected chi connectivity index (χ2v) is 9.84. The molecule has 192 valence electrons. The first-order valence-electron chi connectivity index (χ1n) is 11.6. The standard InChI is InChI=1S/C28H22BrN3O5S/c1-2-36-23-12-20(22(29)14-24(23)37-17-26(33)31-21-10-4-3-5-11-21)13-25-27(34)32(28(35)38-25)16-19-9-7-6-8-18(19)15-30/h3-14H,2,16-17H2,1H3,(H,31,33)/b25-13+. The van der Waals surface area contributed by atoms with Gasteiger partial charge in [0.05, 0.1) is 29.7 Å². The van der Waals surface area contributed by atoms with E-state index in [1.165, 1.54) is 0 Å². The van der Waals surface area contributed by atoms with Crippen molar-refractivity contribution in [1.29, 1.82) is 5.26 Å². The van der Waals surface area contributed by atoms with E-state index in [4.69, 9.17) is 9.47 Å². The van der Waals surface area contributed by atoms with E-state index < -0.39 is 11.1 Å². The van der Waals surface area contributed by atoms with Crippen molar-refractivity contribution in [1.82, 2.24) is 4.90 Å². The first-order chi connectivity index (χ1) is 18.4. The predicted molar refractivity (Wildman–Crippen MR) is 149 cm³/mol.